The molecule has 0 spiro atoms. The number of rotatable bonds is 13. The van der Waals surface area contributed by atoms with E-state index in [9.17, 15) is 18.0 Å². The van der Waals surface area contributed by atoms with Gasteiger partial charge >= 0.3 is 0 Å². The molecular formula is C30H36ClN3O6S. The maximum atomic E-state index is 14.1. The van der Waals surface area contributed by atoms with Gasteiger partial charge < -0.3 is 19.7 Å². The van der Waals surface area contributed by atoms with Crippen molar-refractivity contribution in [1.82, 2.24) is 10.2 Å². The van der Waals surface area contributed by atoms with Crippen LogP contribution < -0.4 is 19.1 Å². The molecule has 0 saturated heterocycles. The fourth-order valence-electron chi connectivity index (χ4n) is 4.08. The molecule has 2 amide bonds. The number of amides is 2. The van der Waals surface area contributed by atoms with Crippen molar-refractivity contribution in [2.75, 3.05) is 25.1 Å². The van der Waals surface area contributed by atoms with Gasteiger partial charge in [-0.15, -0.1) is 0 Å². The normalized spacial score (nSPS) is 12.6. The molecule has 0 radical (unpaired) electrons. The van der Waals surface area contributed by atoms with Crippen molar-refractivity contribution in [3.05, 3.63) is 83.4 Å². The molecule has 9 nitrogen and oxygen atoms in total. The van der Waals surface area contributed by atoms with Crippen LogP contribution in [-0.2, 0) is 26.2 Å². The third kappa shape index (κ3) is 7.71. The molecule has 0 bridgehead atoms. The monoisotopic (exact) mass is 601 g/mol. The number of methoxy groups -OCH3 is 2. The Morgan fingerprint density at radius 3 is 2.17 bits per heavy atom. The van der Waals surface area contributed by atoms with E-state index in [0.29, 0.717) is 22.8 Å². The van der Waals surface area contributed by atoms with Gasteiger partial charge in [-0.2, -0.15) is 0 Å². The molecule has 0 unspecified atom stereocenters. The average molecular weight is 602 g/mol. The molecule has 3 aromatic carbocycles. The maximum absolute atomic E-state index is 14.1. The predicted octanol–water partition coefficient (Wildman–Crippen LogP) is 4.88. The van der Waals surface area contributed by atoms with E-state index in [-0.39, 0.29) is 34.8 Å². The van der Waals surface area contributed by atoms with Crippen LogP contribution in [0.2, 0.25) is 5.02 Å². The second-order valence-corrected chi connectivity index (χ2v) is 11.7. The van der Waals surface area contributed by atoms with Crippen LogP contribution in [0.3, 0.4) is 0 Å². The molecule has 0 fully saturated rings. The summed E-state index contributed by atoms with van der Waals surface area (Å²) in [6, 6.07) is 18.4. The molecule has 0 aliphatic carbocycles. The van der Waals surface area contributed by atoms with Gasteiger partial charge in [0, 0.05) is 17.6 Å². The number of carbonyl (C=O) groups is 2. The first-order valence-corrected chi connectivity index (χ1v) is 15.0. The lowest BCUT2D eigenvalue weighted by molar-refractivity contribution is -0.139. The topological polar surface area (TPSA) is 105 Å². The molecule has 3 rings (SSSR count). The summed E-state index contributed by atoms with van der Waals surface area (Å²) in [5.74, 6) is -0.213. The van der Waals surface area contributed by atoms with Crippen LogP contribution in [0.5, 0.6) is 11.5 Å². The Balaban J connectivity index is 2.08. The minimum absolute atomic E-state index is 0.00402. The second kappa shape index (κ2) is 14.2. The molecule has 1 N–H and O–H groups in total. The van der Waals surface area contributed by atoms with E-state index in [1.165, 1.54) is 43.4 Å². The summed E-state index contributed by atoms with van der Waals surface area (Å²) >= 11 is 6.41. The summed E-state index contributed by atoms with van der Waals surface area (Å²) in [4.78, 5) is 28.5. The highest BCUT2D eigenvalue weighted by molar-refractivity contribution is 7.92. The zero-order valence-electron chi connectivity index (χ0n) is 23.8. The smallest absolute Gasteiger partial charge is 0.264 e. The molecule has 0 aliphatic rings. The van der Waals surface area contributed by atoms with Crippen molar-refractivity contribution in [3.63, 3.8) is 0 Å². The first-order chi connectivity index (χ1) is 19.5. The number of anilines is 1. The Hall–Kier alpha value is -3.76. The van der Waals surface area contributed by atoms with E-state index in [4.69, 9.17) is 21.1 Å². The number of sulfonamides is 1. The zero-order valence-corrected chi connectivity index (χ0v) is 25.4. The third-order valence-corrected chi connectivity index (χ3v) is 8.89. The third-order valence-electron chi connectivity index (χ3n) is 6.75. The highest BCUT2D eigenvalue weighted by atomic mass is 35.5. The van der Waals surface area contributed by atoms with E-state index in [1.54, 1.807) is 55.5 Å². The van der Waals surface area contributed by atoms with Crippen LogP contribution in [0, 0.1) is 0 Å². The first-order valence-electron chi connectivity index (χ1n) is 13.2. The molecule has 41 heavy (non-hydrogen) atoms. The highest BCUT2D eigenvalue weighted by Crippen LogP contribution is 2.33. The number of hydrogen-bond donors (Lipinski definition) is 1. The van der Waals surface area contributed by atoms with Gasteiger partial charge in [-0.1, -0.05) is 48.9 Å². The number of halogens is 1. The molecule has 220 valence electrons. The minimum atomic E-state index is -4.27. The van der Waals surface area contributed by atoms with E-state index in [1.807, 2.05) is 13.8 Å². The van der Waals surface area contributed by atoms with Gasteiger partial charge in [0.05, 0.1) is 24.8 Å². The van der Waals surface area contributed by atoms with Crippen LogP contribution in [0.4, 0.5) is 5.69 Å². The highest BCUT2D eigenvalue weighted by Gasteiger charge is 2.34. The lowest BCUT2D eigenvalue weighted by Gasteiger charge is -2.33. The lowest BCUT2D eigenvalue weighted by Crippen LogP contribution is -2.52. The summed E-state index contributed by atoms with van der Waals surface area (Å²) in [6.45, 7) is 4.82. The van der Waals surface area contributed by atoms with Crippen LogP contribution in [0.1, 0.15) is 32.8 Å². The Morgan fingerprint density at radius 1 is 0.927 bits per heavy atom. The number of nitrogens with one attached hydrogen (secondary N) is 1. The lowest BCUT2D eigenvalue weighted by atomic mass is 10.1. The Morgan fingerprint density at radius 2 is 1.56 bits per heavy atom. The van der Waals surface area contributed by atoms with Crippen molar-refractivity contribution < 1.29 is 27.5 Å². The van der Waals surface area contributed by atoms with Gasteiger partial charge in [-0.3, -0.25) is 13.9 Å². The van der Waals surface area contributed by atoms with Gasteiger partial charge in [-0.25, -0.2) is 8.42 Å². The largest absolute Gasteiger partial charge is 0.497 e. The van der Waals surface area contributed by atoms with E-state index in [0.717, 1.165) is 4.31 Å². The summed E-state index contributed by atoms with van der Waals surface area (Å²) < 4.78 is 39.7. The molecule has 0 aliphatic heterocycles. The van der Waals surface area contributed by atoms with Gasteiger partial charge in [0.15, 0.2) is 0 Å². The van der Waals surface area contributed by atoms with Crippen molar-refractivity contribution in [1.29, 1.82) is 0 Å². The molecule has 0 aromatic heterocycles. The summed E-state index contributed by atoms with van der Waals surface area (Å²) in [7, 11) is -1.36. The van der Waals surface area contributed by atoms with Crippen molar-refractivity contribution in [3.8, 4) is 11.5 Å². The Kier molecular flexibility index (Phi) is 11.0. The average Bonchev–Trinajstić information content (AvgIpc) is 2.98. The van der Waals surface area contributed by atoms with Crippen molar-refractivity contribution in [2.45, 2.75) is 50.7 Å². The van der Waals surface area contributed by atoms with Gasteiger partial charge in [0.25, 0.3) is 10.0 Å². The zero-order chi connectivity index (χ0) is 30.2. The maximum Gasteiger partial charge on any atom is 0.264 e. The fourth-order valence-corrected chi connectivity index (χ4v) is 5.70. The number of para-hydroxylation sites is 2. The van der Waals surface area contributed by atoms with Crippen LogP contribution >= 0.6 is 11.6 Å². The number of carbonyl (C=O) groups excluding carboxylic acids is 2. The molecule has 3 aromatic rings. The Bertz CT molecular complexity index is 1450. The molecular weight excluding hydrogens is 566 g/mol. The number of benzene rings is 3. The Labute approximate surface area is 247 Å². The molecule has 11 heteroatoms. The summed E-state index contributed by atoms with van der Waals surface area (Å²) in [5, 5.41) is 3.33. The van der Waals surface area contributed by atoms with Crippen molar-refractivity contribution in [2.24, 2.45) is 0 Å². The van der Waals surface area contributed by atoms with Crippen LogP contribution in [0.15, 0.2) is 77.7 Å². The van der Waals surface area contributed by atoms with Crippen molar-refractivity contribution >= 4 is 39.1 Å². The standard InChI is InChI=1S/C30H36ClN3O6S/c1-6-21(2)32-30(36)22(3)33(19-23-11-7-8-12-26(23)31)29(35)20-34(27-13-9-10-14-28(27)40-5)41(37,38)25-17-15-24(39-4)16-18-25/h7-18,21-22H,6,19-20H2,1-5H3,(H,32,36)/t21-,22+/m1/s1. The SMILES string of the molecule is CC[C@@H](C)NC(=O)[C@H](C)N(Cc1ccccc1Cl)C(=O)CN(c1ccccc1OC)S(=O)(=O)c1ccc(OC)cc1. The first kappa shape index (κ1) is 31.8. The van der Waals surface area contributed by atoms with Gasteiger partial charge in [-0.05, 0) is 68.3 Å². The number of hydrogen-bond acceptors (Lipinski definition) is 6. The fraction of sp³-hybridized carbons (Fsp3) is 0.333. The predicted molar refractivity (Wildman–Crippen MR) is 160 cm³/mol. The van der Waals surface area contributed by atoms with E-state index in [2.05, 4.69) is 5.32 Å². The molecule has 0 heterocycles. The number of nitrogens with zero attached hydrogens (tertiary/aromatic N) is 2. The van der Waals surface area contributed by atoms with Crippen LogP contribution in [0.25, 0.3) is 0 Å². The van der Waals surface area contributed by atoms with E-state index >= 15 is 0 Å². The quantitative estimate of drug-likeness (QED) is 0.299. The molecule has 2 atom stereocenters. The van der Waals surface area contributed by atoms with E-state index < -0.39 is 28.5 Å². The summed E-state index contributed by atoms with van der Waals surface area (Å²) in [5.41, 5.74) is 0.793. The second-order valence-electron chi connectivity index (χ2n) is 9.47. The van der Waals surface area contributed by atoms with Gasteiger partial charge in [0.2, 0.25) is 11.8 Å². The minimum Gasteiger partial charge on any atom is -0.497 e. The molecule has 0 saturated carbocycles. The van der Waals surface area contributed by atoms with Crippen LogP contribution in [-0.4, -0.2) is 58.0 Å². The number of ether oxygens (including phenoxy) is 2. The van der Waals surface area contributed by atoms with Gasteiger partial charge in [0.1, 0.15) is 24.1 Å². The summed E-state index contributed by atoms with van der Waals surface area (Å²) in [6.07, 6.45) is 0.707.